The summed E-state index contributed by atoms with van der Waals surface area (Å²) in [6.45, 7) is 0. The van der Waals surface area contributed by atoms with Crippen LogP contribution in [0.1, 0.15) is 28.8 Å². The Morgan fingerprint density at radius 2 is 1.58 bits per heavy atom. The molecule has 186 valence electrons. The number of alkyl halides is 3. The van der Waals surface area contributed by atoms with Gasteiger partial charge in [-0.05, 0) is 55.3 Å². The molecule has 3 aromatic rings. The van der Waals surface area contributed by atoms with E-state index >= 15 is 0 Å². The van der Waals surface area contributed by atoms with E-state index in [0.717, 1.165) is 25.0 Å². The van der Waals surface area contributed by atoms with Crippen LogP contribution in [0.15, 0.2) is 54.9 Å². The molecule has 1 aromatic heterocycles. The number of carboxylic acids is 1. The summed E-state index contributed by atoms with van der Waals surface area (Å²) in [4.78, 5) is 43.1. The molecule has 1 heterocycles. The van der Waals surface area contributed by atoms with E-state index in [1.54, 1.807) is 0 Å². The Morgan fingerprint density at radius 1 is 0.917 bits per heavy atom. The molecular formula is C23H18F3N5O5. The highest BCUT2D eigenvalue weighted by atomic mass is 19.4. The van der Waals surface area contributed by atoms with Crippen LogP contribution in [0.5, 0.6) is 11.6 Å². The molecule has 0 unspecified atom stereocenters. The van der Waals surface area contributed by atoms with Crippen LogP contribution in [0.4, 0.5) is 35.2 Å². The quantitative estimate of drug-likeness (QED) is 0.358. The largest absolute Gasteiger partial charge is 0.478 e. The minimum Gasteiger partial charge on any atom is -0.478 e. The first kappa shape index (κ1) is 24.4. The van der Waals surface area contributed by atoms with Gasteiger partial charge in [-0.2, -0.15) is 13.2 Å². The van der Waals surface area contributed by atoms with E-state index in [9.17, 15) is 27.6 Å². The summed E-state index contributed by atoms with van der Waals surface area (Å²) in [6, 6.07) is 9.00. The summed E-state index contributed by atoms with van der Waals surface area (Å²) in [7, 11) is 0. The third kappa shape index (κ3) is 6.25. The topological polar surface area (TPSA) is 143 Å². The van der Waals surface area contributed by atoms with Crippen molar-refractivity contribution >= 4 is 35.1 Å². The number of hydrogen-bond acceptors (Lipinski definition) is 6. The van der Waals surface area contributed by atoms with Crippen molar-refractivity contribution in [3.8, 4) is 11.6 Å². The number of carboxylic acid groups (broad SMARTS) is 1. The number of anilines is 3. The van der Waals surface area contributed by atoms with Crippen LogP contribution < -0.4 is 20.7 Å². The average molecular weight is 501 g/mol. The first-order valence-electron chi connectivity index (χ1n) is 10.5. The van der Waals surface area contributed by atoms with Gasteiger partial charge >= 0.3 is 18.2 Å². The lowest BCUT2D eigenvalue weighted by Gasteiger charge is -2.13. The lowest BCUT2D eigenvalue weighted by atomic mass is 10.1. The number of nitrogens with one attached hydrogen (secondary N) is 3. The van der Waals surface area contributed by atoms with E-state index in [4.69, 9.17) is 9.84 Å². The zero-order chi connectivity index (χ0) is 25.9. The van der Waals surface area contributed by atoms with Crippen molar-refractivity contribution in [2.75, 3.05) is 16.0 Å². The number of ether oxygens (including phenoxy) is 1. The second kappa shape index (κ2) is 9.90. The Bertz CT molecular complexity index is 1310. The van der Waals surface area contributed by atoms with Crippen molar-refractivity contribution in [1.29, 1.82) is 0 Å². The molecular weight excluding hydrogens is 483 g/mol. The van der Waals surface area contributed by atoms with Crippen LogP contribution in [0.25, 0.3) is 0 Å². The first-order valence-corrected chi connectivity index (χ1v) is 10.5. The maximum absolute atomic E-state index is 13.1. The van der Waals surface area contributed by atoms with Gasteiger partial charge in [-0.1, -0.05) is 0 Å². The molecule has 1 aliphatic rings. The van der Waals surface area contributed by atoms with Crippen LogP contribution >= 0.6 is 0 Å². The minimum absolute atomic E-state index is 0.0115. The van der Waals surface area contributed by atoms with Gasteiger partial charge in [0, 0.05) is 23.4 Å². The van der Waals surface area contributed by atoms with Crippen molar-refractivity contribution in [2.45, 2.75) is 19.0 Å². The molecule has 10 nitrogen and oxygen atoms in total. The number of rotatable bonds is 7. The average Bonchev–Trinajstić information content (AvgIpc) is 3.65. The smallest absolute Gasteiger partial charge is 0.417 e. The Kier molecular flexibility index (Phi) is 6.72. The second-order valence-corrected chi connectivity index (χ2v) is 7.77. The Hall–Kier alpha value is -4.68. The van der Waals surface area contributed by atoms with Crippen molar-refractivity contribution < 1.29 is 37.4 Å². The van der Waals surface area contributed by atoms with Gasteiger partial charge in [-0.3, -0.25) is 4.79 Å². The number of halogens is 3. The molecule has 1 saturated carbocycles. The van der Waals surface area contributed by atoms with Gasteiger partial charge < -0.3 is 25.8 Å². The monoisotopic (exact) mass is 501 g/mol. The van der Waals surface area contributed by atoms with Crippen LogP contribution in [0, 0.1) is 5.92 Å². The summed E-state index contributed by atoms with van der Waals surface area (Å²) < 4.78 is 45.1. The number of nitrogens with zero attached hydrogens (tertiary/aromatic N) is 2. The third-order valence-electron chi connectivity index (χ3n) is 4.99. The molecule has 0 bridgehead atoms. The fourth-order valence-electron chi connectivity index (χ4n) is 3.10. The van der Waals surface area contributed by atoms with Crippen molar-refractivity contribution in [3.05, 3.63) is 66.0 Å². The standard InChI is InChI=1S/C23H18F3N5O5/c24-23(25,26)17-9-14(5-8-16(17)21(33)34)30-22(35)29-13-3-6-15(7-4-13)36-19-10-18(27-11-28-19)31-20(32)12-1-2-12/h3-12H,1-2H2,(H,33,34)(H2,29,30,35)(H,27,28,31,32). The van der Waals surface area contributed by atoms with Crippen LogP contribution in [-0.2, 0) is 11.0 Å². The fraction of sp³-hybridized carbons (Fsp3) is 0.174. The SMILES string of the molecule is O=C(Nc1ccc(Oc2cc(NC(=O)C3CC3)ncn2)cc1)Nc1ccc(C(=O)O)c(C(F)(F)F)c1. The minimum atomic E-state index is -4.91. The van der Waals surface area contributed by atoms with Gasteiger partial charge in [0.2, 0.25) is 11.8 Å². The number of hydrogen-bond donors (Lipinski definition) is 4. The highest BCUT2D eigenvalue weighted by molar-refractivity contribution is 6.00. The highest BCUT2D eigenvalue weighted by Crippen LogP contribution is 2.34. The lowest BCUT2D eigenvalue weighted by Crippen LogP contribution is -2.20. The number of urea groups is 1. The summed E-state index contributed by atoms with van der Waals surface area (Å²) in [6.07, 6.45) is -1.97. The van der Waals surface area contributed by atoms with Gasteiger partial charge in [0.05, 0.1) is 11.1 Å². The summed E-state index contributed by atoms with van der Waals surface area (Å²) in [5.74, 6) is -0.991. The van der Waals surface area contributed by atoms with E-state index in [-0.39, 0.29) is 23.4 Å². The maximum atomic E-state index is 13.1. The molecule has 0 atom stereocenters. The van der Waals surface area contributed by atoms with Crippen molar-refractivity contribution in [2.24, 2.45) is 5.92 Å². The molecule has 1 fully saturated rings. The van der Waals surface area contributed by atoms with E-state index in [1.807, 2.05) is 0 Å². The van der Waals surface area contributed by atoms with Crippen LogP contribution in [-0.4, -0.2) is 33.0 Å². The van der Waals surface area contributed by atoms with E-state index in [1.165, 1.54) is 36.7 Å². The molecule has 3 amide bonds. The molecule has 0 radical (unpaired) electrons. The zero-order valence-corrected chi connectivity index (χ0v) is 18.3. The summed E-state index contributed by atoms with van der Waals surface area (Å²) in [5.41, 5.74) is -2.24. The molecule has 4 N–H and O–H groups in total. The number of aromatic carboxylic acids is 1. The van der Waals surface area contributed by atoms with Gasteiger partial charge in [0.1, 0.15) is 17.9 Å². The predicted octanol–water partition coefficient (Wildman–Crippen LogP) is 4.98. The van der Waals surface area contributed by atoms with E-state index in [2.05, 4.69) is 25.9 Å². The van der Waals surface area contributed by atoms with E-state index in [0.29, 0.717) is 23.3 Å². The molecule has 0 aliphatic heterocycles. The maximum Gasteiger partial charge on any atom is 0.417 e. The number of carbonyl (C=O) groups excluding carboxylic acids is 2. The Morgan fingerprint density at radius 3 is 2.22 bits per heavy atom. The van der Waals surface area contributed by atoms with E-state index < -0.39 is 29.3 Å². The summed E-state index contributed by atoms with van der Waals surface area (Å²) in [5, 5.41) is 16.3. The van der Waals surface area contributed by atoms with Gasteiger partial charge in [-0.25, -0.2) is 19.6 Å². The number of carbonyl (C=O) groups is 3. The molecule has 0 spiro atoms. The second-order valence-electron chi connectivity index (χ2n) is 7.77. The highest BCUT2D eigenvalue weighted by Gasteiger charge is 2.35. The van der Waals surface area contributed by atoms with Gasteiger partial charge in [0.25, 0.3) is 0 Å². The zero-order valence-electron chi connectivity index (χ0n) is 18.3. The fourth-order valence-corrected chi connectivity index (χ4v) is 3.10. The third-order valence-corrected chi connectivity index (χ3v) is 4.99. The van der Waals surface area contributed by atoms with Crippen LogP contribution in [0.2, 0.25) is 0 Å². The molecule has 1 aliphatic carbocycles. The first-order chi connectivity index (χ1) is 17.1. The van der Waals surface area contributed by atoms with Gasteiger partial charge in [0.15, 0.2) is 0 Å². The molecule has 13 heteroatoms. The Labute approximate surface area is 201 Å². The summed E-state index contributed by atoms with van der Waals surface area (Å²) >= 11 is 0. The number of benzene rings is 2. The Balaban J connectivity index is 1.36. The van der Waals surface area contributed by atoms with Crippen LogP contribution in [0.3, 0.4) is 0 Å². The van der Waals surface area contributed by atoms with Gasteiger partial charge in [-0.15, -0.1) is 0 Å². The number of aromatic nitrogens is 2. The lowest BCUT2D eigenvalue weighted by molar-refractivity contribution is -0.138. The molecule has 0 saturated heterocycles. The molecule has 2 aromatic carbocycles. The number of amides is 3. The molecule has 36 heavy (non-hydrogen) atoms. The van der Waals surface area contributed by atoms with Crippen molar-refractivity contribution in [3.63, 3.8) is 0 Å². The predicted molar refractivity (Wildman–Crippen MR) is 121 cm³/mol. The molecule has 4 rings (SSSR count). The van der Waals surface area contributed by atoms with Crippen molar-refractivity contribution in [1.82, 2.24) is 9.97 Å². The normalized spacial score (nSPS) is 13.0.